The van der Waals surface area contributed by atoms with Gasteiger partial charge in [-0.15, -0.1) is 0 Å². The Bertz CT molecular complexity index is 825. The Morgan fingerprint density at radius 2 is 0.667 bits per heavy atom. The normalized spacial score (nSPS) is 13.0. The number of hydrogen-bond acceptors (Lipinski definition) is 3. The van der Waals surface area contributed by atoms with Crippen LogP contribution < -0.4 is 5.32 Å². The van der Waals surface area contributed by atoms with E-state index in [2.05, 4.69) is 31.3 Å². The molecule has 57 heavy (non-hydrogen) atoms. The van der Waals surface area contributed by atoms with E-state index in [0.717, 1.165) is 25.7 Å². The predicted molar refractivity (Wildman–Crippen MR) is 253 cm³/mol. The molecule has 0 saturated heterocycles. The smallest absolute Gasteiger partial charge is 0.220 e. The molecule has 0 aliphatic rings. The molecule has 0 aromatic carbocycles. The van der Waals surface area contributed by atoms with Crippen LogP contribution in [0.5, 0.6) is 0 Å². The zero-order valence-electron chi connectivity index (χ0n) is 38.9. The van der Waals surface area contributed by atoms with Crippen molar-refractivity contribution < 1.29 is 15.0 Å². The SMILES string of the molecule is CCCCCCCCCCCCC/C=C/C(O)C(CO)NC(=O)CCCCCCCCCCCCCCCCCC/C=C\CCCCCCCCCCCCCC. The van der Waals surface area contributed by atoms with Gasteiger partial charge < -0.3 is 15.5 Å². The quantitative estimate of drug-likeness (QED) is 0.0424. The van der Waals surface area contributed by atoms with Crippen molar-refractivity contribution >= 4 is 5.91 Å². The van der Waals surface area contributed by atoms with Crippen molar-refractivity contribution in [3.8, 4) is 0 Å². The van der Waals surface area contributed by atoms with Gasteiger partial charge in [0.05, 0.1) is 18.8 Å². The molecule has 0 heterocycles. The largest absolute Gasteiger partial charge is 0.394 e. The van der Waals surface area contributed by atoms with Gasteiger partial charge in [-0.2, -0.15) is 0 Å². The second-order valence-corrected chi connectivity index (χ2v) is 17.9. The molecule has 0 rings (SSSR count). The van der Waals surface area contributed by atoms with Gasteiger partial charge in [0.2, 0.25) is 5.91 Å². The number of rotatable bonds is 48. The topological polar surface area (TPSA) is 69.6 Å². The first-order valence-corrected chi connectivity index (χ1v) is 26.1. The Hall–Kier alpha value is -1.13. The Morgan fingerprint density at radius 1 is 0.404 bits per heavy atom. The van der Waals surface area contributed by atoms with Gasteiger partial charge in [-0.25, -0.2) is 0 Å². The van der Waals surface area contributed by atoms with Crippen LogP contribution in [0.15, 0.2) is 24.3 Å². The Morgan fingerprint density at radius 3 is 0.965 bits per heavy atom. The van der Waals surface area contributed by atoms with Crippen LogP contribution in [0.3, 0.4) is 0 Å². The maximum absolute atomic E-state index is 12.4. The molecule has 0 aromatic rings. The fourth-order valence-electron chi connectivity index (χ4n) is 8.18. The molecule has 4 nitrogen and oxygen atoms in total. The second-order valence-electron chi connectivity index (χ2n) is 17.9. The fourth-order valence-corrected chi connectivity index (χ4v) is 8.18. The zero-order chi connectivity index (χ0) is 41.4. The average molecular weight is 802 g/mol. The molecule has 0 aromatic heterocycles. The molecule has 0 aliphatic carbocycles. The van der Waals surface area contributed by atoms with E-state index in [-0.39, 0.29) is 12.5 Å². The minimum atomic E-state index is -0.835. The second kappa shape index (κ2) is 49.2. The lowest BCUT2D eigenvalue weighted by atomic mass is 10.0. The van der Waals surface area contributed by atoms with E-state index >= 15 is 0 Å². The molecule has 0 fully saturated rings. The van der Waals surface area contributed by atoms with Crippen LogP contribution in [0.2, 0.25) is 0 Å². The Labute approximate surface area is 358 Å². The van der Waals surface area contributed by atoms with Crippen molar-refractivity contribution in [3.63, 3.8) is 0 Å². The van der Waals surface area contributed by atoms with Gasteiger partial charge in [0.15, 0.2) is 0 Å². The summed E-state index contributed by atoms with van der Waals surface area (Å²) in [7, 11) is 0. The summed E-state index contributed by atoms with van der Waals surface area (Å²) in [5, 5.41) is 23.0. The first kappa shape index (κ1) is 55.9. The molecule has 1 amide bonds. The standard InChI is InChI=1S/C53H103NO3/c1-3-5-7-9-11-13-15-17-18-19-20-21-22-23-24-25-26-27-28-29-30-31-32-33-34-35-37-39-41-43-45-47-49-53(57)54-51(50-55)52(56)48-46-44-42-40-38-36-16-14-12-10-8-6-4-2/h23-24,46,48,51-52,55-56H,3-22,25-45,47,49-50H2,1-2H3,(H,54,57)/b24-23-,48-46+. The molecular formula is C53H103NO3. The van der Waals surface area contributed by atoms with Crippen molar-refractivity contribution in [2.45, 2.75) is 302 Å². The average Bonchev–Trinajstić information content (AvgIpc) is 3.22. The summed E-state index contributed by atoms with van der Waals surface area (Å²) in [5.74, 6) is -0.0603. The molecule has 0 saturated carbocycles. The van der Waals surface area contributed by atoms with Crippen LogP contribution in [-0.4, -0.2) is 34.9 Å². The van der Waals surface area contributed by atoms with Crippen molar-refractivity contribution in [3.05, 3.63) is 24.3 Å². The van der Waals surface area contributed by atoms with Crippen molar-refractivity contribution in [2.24, 2.45) is 0 Å². The summed E-state index contributed by atoms with van der Waals surface area (Å²) in [6.07, 6.45) is 64.7. The number of aliphatic hydroxyl groups is 2. The van der Waals surface area contributed by atoms with Gasteiger partial charge in [-0.3, -0.25) is 4.79 Å². The summed E-state index contributed by atoms with van der Waals surface area (Å²) in [4.78, 5) is 12.4. The Kier molecular flexibility index (Phi) is 48.3. The molecule has 0 spiro atoms. The number of unbranched alkanes of at least 4 members (excludes halogenated alkanes) is 39. The first-order valence-electron chi connectivity index (χ1n) is 26.1. The van der Waals surface area contributed by atoms with Gasteiger partial charge in [0.25, 0.3) is 0 Å². The molecule has 3 N–H and O–H groups in total. The molecule has 338 valence electrons. The lowest BCUT2D eigenvalue weighted by Crippen LogP contribution is -2.45. The fraction of sp³-hybridized carbons (Fsp3) is 0.906. The minimum Gasteiger partial charge on any atom is -0.394 e. The third kappa shape index (κ3) is 45.8. The van der Waals surface area contributed by atoms with Crippen LogP contribution in [0, 0.1) is 0 Å². The number of carbonyl (C=O) groups is 1. The van der Waals surface area contributed by atoms with Crippen LogP contribution >= 0.6 is 0 Å². The van der Waals surface area contributed by atoms with Crippen LogP contribution in [-0.2, 0) is 4.79 Å². The van der Waals surface area contributed by atoms with Gasteiger partial charge in [-0.05, 0) is 44.9 Å². The highest BCUT2D eigenvalue weighted by Crippen LogP contribution is 2.17. The van der Waals surface area contributed by atoms with Gasteiger partial charge in [0.1, 0.15) is 0 Å². The number of aliphatic hydroxyl groups excluding tert-OH is 2. The summed E-state index contributed by atoms with van der Waals surface area (Å²) in [5.41, 5.74) is 0. The lowest BCUT2D eigenvalue weighted by Gasteiger charge is -2.20. The number of carbonyl (C=O) groups excluding carboxylic acids is 1. The van der Waals surface area contributed by atoms with E-state index < -0.39 is 12.1 Å². The third-order valence-electron chi connectivity index (χ3n) is 12.2. The Balaban J connectivity index is 3.42. The minimum absolute atomic E-state index is 0.0603. The predicted octanol–water partition coefficient (Wildman–Crippen LogP) is 16.8. The van der Waals surface area contributed by atoms with Gasteiger partial charge in [0, 0.05) is 6.42 Å². The molecule has 4 heteroatoms. The monoisotopic (exact) mass is 802 g/mol. The number of hydrogen-bond donors (Lipinski definition) is 3. The van der Waals surface area contributed by atoms with Crippen molar-refractivity contribution in [1.82, 2.24) is 5.32 Å². The summed E-state index contributed by atoms with van der Waals surface area (Å²) in [6.45, 7) is 4.33. The molecule has 0 aliphatic heterocycles. The number of allylic oxidation sites excluding steroid dienone is 3. The van der Waals surface area contributed by atoms with E-state index in [1.807, 2.05) is 6.08 Å². The lowest BCUT2D eigenvalue weighted by molar-refractivity contribution is -0.123. The van der Waals surface area contributed by atoms with Gasteiger partial charge >= 0.3 is 0 Å². The summed E-state index contributed by atoms with van der Waals surface area (Å²) in [6, 6.07) is -0.618. The zero-order valence-corrected chi connectivity index (χ0v) is 38.9. The van der Waals surface area contributed by atoms with Crippen molar-refractivity contribution in [1.29, 1.82) is 0 Å². The first-order chi connectivity index (χ1) is 28.2. The number of amides is 1. The van der Waals surface area contributed by atoms with Gasteiger partial charge in [-0.1, -0.05) is 263 Å². The van der Waals surface area contributed by atoms with E-state index in [1.165, 1.54) is 244 Å². The molecule has 2 atom stereocenters. The highest BCUT2D eigenvalue weighted by atomic mass is 16.3. The van der Waals surface area contributed by atoms with Crippen LogP contribution in [0.1, 0.15) is 290 Å². The van der Waals surface area contributed by atoms with Crippen molar-refractivity contribution in [2.75, 3.05) is 6.61 Å². The highest BCUT2D eigenvalue weighted by molar-refractivity contribution is 5.76. The van der Waals surface area contributed by atoms with E-state index in [0.29, 0.717) is 6.42 Å². The maximum atomic E-state index is 12.4. The highest BCUT2D eigenvalue weighted by Gasteiger charge is 2.18. The third-order valence-corrected chi connectivity index (χ3v) is 12.2. The van der Waals surface area contributed by atoms with E-state index in [1.54, 1.807) is 6.08 Å². The molecule has 2 unspecified atom stereocenters. The molecule has 0 radical (unpaired) electrons. The van der Waals surface area contributed by atoms with E-state index in [4.69, 9.17) is 0 Å². The molecular weight excluding hydrogens is 699 g/mol. The number of nitrogens with one attached hydrogen (secondary N) is 1. The van der Waals surface area contributed by atoms with Crippen LogP contribution in [0.25, 0.3) is 0 Å². The molecule has 0 bridgehead atoms. The summed E-state index contributed by atoms with van der Waals surface area (Å²) >= 11 is 0. The summed E-state index contributed by atoms with van der Waals surface area (Å²) < 4.78 is 0. The maximum Gasteiger partial charge on any atom is 0.220 e. The van der Waals surface area contributed by atoms with E-state index in [9.17, 15) is 15.0 Å². The van der Waals surface area contributed by atoms with Crippen LogP contribution in [0.4, 0.5) is 0 Å².